The average molecular weight is 695 g/mol. The van der Waals surface area contributed by atoms with Crippen molar-refractivity contribution in [2.45, 2.75) is 0 Å². The predicted octanol–water partition coefficient (Wildman–Crippen LogP) is 12.7. The molecule has 10 aromatic rings. The molecule has 10 rings (SSSR count). The van der Waals surface area contributed by atoms with Gasteiger partial charge in [-0.05, 0) is 78.5 Å². The topological polar surface area (TPSA) is 52.6 Å². The van der Waals surface area contributed by atoms with Gasteiger partial charge in [-0.2, -0.15) is 0 Å². The van der Waals surface area contributed by atoms with E-state index < -0.39 is 11.9 Å². The fourth-order valence-electron chi connectivity index (χ4n) is 7.87. The van der Waals surface area contributed by atoms with E-state index in [0.717, 1.165) is 75.8 Å². The second-order valence-corrected chi connectivity index (χ2v) is 13.5. The summed E-state index contributed by atoms with van der Waals surface area (Å²) in [4.78, 5) is 27.8. The van der Waals surface area contributed by atoms with Crippen molar-refractivity contribution in [2.75, 3.05) is 0 Å². The van der Waals surface area contributed by atoms with Crippen molar-refractivity contribution in [3.8, 4) is 22.6 Å². The third-order valence-corrected chi connectivity index (χ3v) is 10.4. The summed E-state index contributed by atoms with van der Waals surface area (Å²) in [5.74, 6) is 0.185. The number of carbonyl (C=O) groups excluding carboxylic acids is 2. The third kappa shape index (κ3) is 5.15. The zero-order valence-corrected chi connectivity index (χ0v) is 29.0. The van der Waals surface area contributed by atoms with Crippen molar-refractivity contribution in [3.05, 3.63) is 193 Å². The minimum Gasteiger partial charge on any atom is -0.422 e. The van der Waals surface area contributed by atoms with E-state index in [-0.39, 0.29) is 0 Å². The van der Waals surface area contributed by atoms with E-state index in [1.807, 2.05) is 158 Å². The summed E-state index contributed by atoms with van der Waals surface area (Å²) in [6.07, 6.45) is 0. The second-order valence-electron chi connectivity index (χ2n) is 13.5. The smallest absolute Gasteiger partial charge is 0.343 e. The first-order valence-corrected chi connectivity index (χ1v) is 17.9. The molecule has 254 valence electrons. The van der Waals surface area contributed by atoms with E-state index >= 15 is 0 Å². The summed E-state index contributed by atoms with van der Waals surface area (Å²) in [5, 5.41) is 11.1. The Morgan fingerprint density at radius 2 is 0.574 bits per heavy atom. The normalized spacial score (nSPS) is 11.5. The van der Waals surface area contributed by atoms with Crippen molar-refractivity contribution in [1.29, 1.82) is 0 Å². The molecule has 0 saturated heterocycles. The van der Waals surface area contributed by atoms with E-state index in [4.69, 9.17) is 9.47 Å². The first kappa shape index (κ1) is 31.4. The SMILES string of the molecule is O=C(Oc1c2ccccc2c(-c2c3ccccc3c(OC(=O)c3ccc4ccccc4c3)c3ccccc23)c2ccccc12)c1ccc2ccccc2c1. The highest BCUT2D eigenvalue weighted by Crippen LogP contribution is 2.50. The van der Waals surface area contributed by atoms with Crippen molar-refractivity contribution in [3.63, 3.8) is 0 Å². The molecular formula is C50H30O4. The van der Waals surface area contributed by atoms with E-state index in [1.54, 1.807) is 0 Å². The van der Waals surface area contributed by atoms with Crippen molar-refractivity contribution >= 4 is 76.6 Å². The van der Waals surface area contributed by atoms with Gasteiger partial charge in [-0.1, -0.05) is 158 Å². The van der Waals surface area contributed by atoms with Crippen LogP contribution in [0.1, 0.15) is 20.7 Å². The molecule has 0 spiro atoms. The summed E-state index contributed by atoms with van der Waals surface area (Å²) in [6.45, 7) is 0. The molecule has 0 atom stereocenters. The standard InChI is InChI=1S/C50H30O4/c51-49(35-27-25-31-13-1-3-15-33(31)29-35)53-47-41-21-9-5-17-37(41)45(38-18-6-10-22-42(38)47)46-39-19-7-11-23-43(39)48(44-24-12-8-20-40(44)46)54-50(52)36-28-26-32-14-2-4-16-34(32)30-36/h1-30H. The minimum absolute atomic E-state index is 0.419. The molecule has 0 radical (unpaired) electrons. The average Bonchev–Trinajstić information content (AvgIpc) is 3.23. The van der Waals surface area contributed by atoms with Crippen LogP contribution in [0.15, 0.2) is 182 Å². The Morgan fingerprint density at radius 1 is 0.296 bits per heavy atom. The summed E-state index contributed by atoms with van der Waals surface area (Å²) in [6, 6.07) is 59.6. The lowest BCUT2D eigenvalue weighted by atomic mass is 9.85. The molecule has 4 nitrogen and oxygen atoms in total. The van der Waals surface area contributed by atoms with Crippen molar-refractivity contribution < 1.29 is 19.1 Å². The molecule has 0 aliphatic heterocycles. The Balaban J connectivity index is 1.18. The van der Waals surface area contributed by atoms with Crippen molar-refractivity contribution in [2.24, 2.45) is 0 Å². The first-order chi connectivity index (χ1) is 26.6. The number of rotatable bonds is 5. The molecule has 0 unspecified atom stereocenters. The zero-order chi connectivity index (χ0) is 36.2. The van der Waals surface area contributed by atoms with Gasteiger partial charge < -0.3 is 9.47 Å². The fraction of sp³-hybridized carbons (Fsp3) is 0. The van der Waals surface area contributed by atoms with E-state index in [0.29, 0.717) is 22.6 Å². The van der Waals surface area contributed by atoms with Gasteiger partial charge in [0.05, 0.1) is 11.1 Å². The molecule has 0 amide bonds. The van der Waals surface area contributed by atoms with E-state index in [1.165, 1.54) is 0 Å². The molecule has 0 N–H and O–H groups in total. The Hall–Kier alpha value is -7.30. The molecule has 0 heterocycles. The van der Waals surface area contributed by atoms with Gasteiger partial charge in [0.25, 0.3) is 0 Å². The molecule has 0 saturated carbocycles. The molecule has 0 aliphatic carbocycles. The van der Waals surface area contributed by atoms with Gasteiger partial charge in [0.2, 0.25) is 0 Å². The largest absolute Gasteiger partial charge is 0.422 e. The maximum Gasteiger partial charge on any atom is 0.343 e. The molecule has 4 heteroatoms. The zero-order valence-electron chi connectivity index (χ0n) is 29.0. The highest BCUT2D eigenvalue weighted by atomic mass is 16.5. The molecular weight excluding hydrogens is 665 g/mol. The molecule has 10 aromatic carbocycles. The number of hydrogen-bond acceptors (Lipinski definition) is 4. The number of ether oxygens (including phenoxy) is 2. The second kappa shape index (κ2) is 12.7. The van der Waals surface area contributed by atoms with Crippen LogP contribution in [0.25, 0.3) is 75.8 Å². The molecule has 54 heavy (non-hydrogen) atoms. The monoisotopic (exact) mass is 694 g/mol. The third-order valence-electron chi connectivity index (χ3n) is 10.4. The molecule has 0 aliphatic rings. The van der Waals surface area contributed by atoms with Gasteiger partial charge in [-0.25, -0.2) is 9.59 Å². The Labute approximate surface area is 310 Å². The number of benzene rings is 10. The number of fused-ring (bicyclic) bond motifs is 6. The Morgan fingerprint density at radius 3 is 0.907 bits per heavy atom. The van der Waals surface area contributed by atoms with Crippen LogP contribution in [0.4, 0.5) is 0 Å². The van der Waals surface area contributed by atoms with Gasteiger partial charge >= 0.3 is 11.9 Å². The Kier molecular flexibility index (Phi) is 7.41. The summed E-state index contributed by atoms with van der Waals surface area (Å²) in [7, 11) is 0. The first-order valence-electron chi connectivity index (χ1n) is 17.9. The lowest BCUT2D eigenvalue weighted by Gasteiger charge is -2.21. The van der Waals surface area contributed by atoms with Crippen LogP contribution in [-0.4, -0.2) is 11.9 Å². The quantitative estimate of drug-likeness (QED) is 0.102. The van der Waals surface area contributed by atoms with E-state index in [2.05, 4.69) is 24.3 Å². The maximum absolute atomic E-state index is 13.9. The van der Waals surface area contributed by atoms with Gasteiger partial charge in [-0.15, -0.1) is 0 Å². The number of carbonyl (C=O) groups is 2. The van der Waals surface area contributed by atoms with Crippen LogP contribution >= 0.6 is 0 Å². The highest BCUT2D eigenvalue weighted by Gasteiger charge is 2.24. The molecule has 0 fully saturated rings. The lowest BCUT2D eigenvalue weighted by Crippen LogP contribution is -2.10. The van der Waals surface area contributed by atoms with E-state index in [9.17, 15) is 9.59 Å². The number of esters is 2. The van der Waals surface area contributed by atoms with Crippen LogP contribution < -0.4 is 9.47 Å². The summed E-state index contributed by atoms with van der Waals surface area (Å²) >= 11 is 0. The van der Waals surface area contributed by atoms with Crippen LogP contribution in [0.5, 0.6) is 11.5 Å². The minimum atomic E-state index is -0.419. The fourth-order valence-corrected chi connectivity index (χ4v) is 7.87. The van der Waals surface area contributed by atoms with Gasteiger partial charge in [0.15, 0.2) is 0 Å². The Bertz CT molecular complexity index is 2830. The molecule has 0 bridgehead atoms. The van der Waals surface area contributed by atoms with Crippen molar-refractivity contribution in [1.82, 2.24) is 0 Å². The van der Waals surface area contributed by atoms with Crippen LogP contribution in [0.2, 0.25) is 0 Å². The van der Waals surface area contributed by atoms with Gasteiger partial charge in [-0.3, -0.25) is 0 Å². The van der Waals surface area contributed by atoms with Crippen LogP contribution in [0.3, 0.4) is 0 Å². The van der Waals surface area contributed by atoms with Crippen LogP contribution in [0, 0.1) is 0 Å². The summed E-state index contributed by atoms with van der Waals surface area (Å²) in [5.41, 5.74) is 2.98. The molecule has 0 aromatic heterocycles. The lowest BCUT2D eigenvalue weighted by molar-refractivity contribution is 0.0730. The van der Waals surface area contributed by atoms with Gasteiger partial charge in [0.1, 0.15) is 11.5 Å². The van der Waals surface area contributed by atoms with Crippen LogP contribution in [-0.2, 0) is 0 Å². The summed E-state index contributed by atoms with van der Waals surface area (Å²) < 4.78 is 12.8. The maximum atomic E-state index is 13.9. The van der Waals surface area contributed by atoms with Gasteiger partial charge in [0, 0.05) is 21.5 Å². The highest BCUT2D eigenvalue weighted by molar-refractivity contribution is 6.27. The number of hydrogen-bond donors (Lipinski definition) is 0. The predicted molar refractivity (Wildman–Crippen MR) is 220 cm³/mol.